The summed E-state index contributed by atoms with van der Waals surface area (Å²) in [7, 11) is 0. The van der Waals surface area contributed by atoms with Gasteiger partial charge in [0.1, 0.15) is 0 Å². The fourth-order valence-corrected chi connectivity index (χ4v) is 1.06. The minimum absolute atomic E-state index is 0.826. The van der Waals surface area contributed by atoms with Crippen LogP contribution in [0.15, 0.2) is 0 Å². The molecule has 0 bridgehead atoms. The fourth-order valence-electron chi connectivity index (χ4n) is 1.06. The third-order valence-electron chi connectivity index (χ3n) is 2.35. The predicted octanol–water partition coefficient (Wildman–Crippen LogP) is 1.68. The van der Waals surface area contributed by atoms with Crippen LogP contribution < -0.4 is 0 Å². The summed E-state index contributed by atoms with van der Waals surface area (Å²) < 4.78 is 31.1. The molecule has 0 heterocycles. The maximum Gasteiger partial charge on any atom is 0.381 e. The van der Waals surface area contributed by atoms with Crippen LogP contribution in [0.2, 0.25) is 0 Å². The van der Waals surface area contributed by atoms with Gasteiger partial charge in [-0.25, -0.2) is 4.79 Å². The second-order valence-electron chi connectivity index (χ2n) is 3.73. The average molecular weight is 224 g/mol. The molecule has 0 saturated heterocycles. The van der Waals surface area contributed by atoms with Gasteiger partial charge in [0.25, 0.3) is 0 Å². The van der Waals surface area contributed by atoms with Gasteiger partial charge in [-0.15, -0.1) is 0 Å². The van der Waals surface area contributed by atoms with Gasteiger partial charge in [-0.1, -0.05) is 13.8 Å². The van der Waals surface area contributed by atoms with Crippen LogP contribution in [-0.2, 0) is 14.3 Å². The standard InChI is InChI=1S/C9H14F2O4/c1-5(2)8(4,15-6(3)12)9(10,11)7(13)14/h5H,1-4H3,(H,13,14). The highest BCUT2D eigenvalue weighted by Gasteiger charge is 2.61. The third kappa shape index (κ3) is 2.43. The smallest absolute Gasteiger partial charge is 0.381 e. The zero-order valence-corrected chi connectivity index (χ0v) is 9.01. The van der Waals surface area contributed by atoms with Crippen molar-refractivity contribution in [3.63, 3.8) is 0 Å². The molecule has 0 fully saturated rings. The predicted molar refractivity (Wildman–Crippen MR) is 47.6 cm³/mol. The zero-order valence-electron chi connectivity index (χ0n) is 9.01. The van der Waals surface area contributed by atoms with Gasteiger partial charge in [-0.2, -0.15) is 8.78 Å². The maximum atomic E-state index is 13.3. The Hall–Kier alpha value is -1.20. The van der Waals surface area contributed by atoms with E-state index in [1.54, 1.807) is 0 Å². The largest absolute Gasteiger partial charge is 0.477 e. The van der Waals surface area contributed by atoms with E-state index in [1.807, 2.05) is 0 Å². The van der Waals surface area contributed by atoms with E-state index < -0.39 is 29.4 Å². The lowest BCUT2D eigenvalue weighted by atomic mass is 9.85. The molecule has 6 heteroatoms. The first-order valence-electron chi connectivity index (χ1n) is 4.36. The van der Waals surface area contributed by atoms with E-state index in [-0.39, 0.29) is 0 Å². The van der Waals surface area contributed by atoms with Crippen molar-refractivity contribution in [2.45, 2.75) is 39.2 Å². The summed E-state index contributed by atoms with van der Waals surface area (Å²) in [4.78, 5) is 21.1. The number of carboxylic acids is 1. The van der Waals surface area contributed by atoms with Gasteiger partial charge in [0.2, 0.25) is 0 Å². The molecule has 0 aliphatic rings. The Morgan fingerprint density at radius 1 is 1.33 bits per heavy atom. The van der Waals surface area contributed by atoms with Crippen LogP contribution in [0.25, 0.3) is 0 Å². The fraction of sp³-hybridized carbons (Fsp3) is 0.778. The summed E-state index contributed by atoms with van der Waals surface area (Å²) in [6.07, 6.45) is 0. The van der Waals surface area contributed by atoms with Gasteiger partial charge in [-0.05, 0) is 12.8 Å². The third-order valence-corrected chi connectivity index (χ3v) is 2.35. The molecule has 1 atom stereocenters. The molecular weight excluding hydrogens is 210 g/mol. The number of hydrogen-bond acceptors (Lipinski definition) is 3. The molecule has 88 valence electrons. The molecule has 1 unspecified atom stereocenters. The number of ether oxygens (including phenoxy) is 1. The van der Waals surface area contributed by atoms with Crippen molar-refractivity contribution in [2.24, 2.45) is 5.92 Å². The van der Waals surface area contributed by atoms with Crippen LogP contribution >= 0.6 is 0 Å². The Morgan fingerprint density at radius 2 is 1.73 bits per heavy atom. The Morgan fingerprint density at radius 3 is 1.93 bits per heavy atom. The van der Waals surface area contributed by atoms with E-state index >= 15 is 0 Å². The van der Waals surface area contributed by atoms with Crippen LogP contribution in [0, 0.1) is 5.92 Å². The highest BCUT2D eigenvalue weighted by atomic mass is 19.3. The monoisotopic (exact) mass is 224 g/mol. The molecular formula is C9H14F2O4. The molecule has 1 N–H and O–H groups in total. The van der Waals surface area contributed by atoms with Crippen LogP contribution in [0.5, 0.6) is 0 Å². The average Bonchev–Trinajstić information content (AvgIpc) is 2.01. The van der Waals surface area contributed by atoms with E-state index in [1.165, 1.54) is 13.8 Å². The molecule has 0 aromatic carbocycles. The lowest BCUT2D eigenvalue weighted by molar-refractivity contribution is -0.227. The maximum absolute atomic E-state index is 13.3. The van der Waals surface area contributed by atoms with Crippen molar-refractivity contribution in [2.75, 3.05) is 0 Å². The molecule has 0 aliphatic heterocycles. The number of aliphatic carboxylic acids is 1. The molecule has 0 rings (SSSR count). The molecule has 0 aromatic heterocycles. The lowest BCUT2D eigenvalue weighted by Gasteiger charge is -2.37. The quantitative estimate of drug-likeness (QED) is 0.738. The van der Waals surface area contributed by atoms with Crippen molar-refractivity contribution in [1.29, 1.82) is 0 Å². The number of rotatable bonds is 4. The normalized spacial score (nSPS) is 15.9. The summed E-state index contributed by atoms with van der Waals surface area (Å²) in [5.41, 5.74) is -2.34. The Labute approximate surface area is 86.2 Å². The van der Waals surface area contributed by atoms with Crippen LogP contribution in [0.4, 0.5) is 8.78 Å². The summed E-state index contributed by atoms with van der Waals surface area (Å²) in [5.74, 6) is -8.19. The molecule has 0 aliphatic carbocycles. The van der Waals surface area contributed by atoms with E-state index in [4.69, 9.17) is 5.11 Å². The Kier molecular flexibility index (Phi) is 3.79. The molecule has 0 aromatic rings. The lowest BCUT2D eigenvalue weighted by Crippen LogP contribution is -2.57. The number of halogens is 2. The number of hydrogen-bond donors (Lipinski definition) is 1. The Balaban J connectivity index is 5.28. The first kappa shape index (κ1) is 13.8. The van der Waals surface area contributed by atoms with Crippen molar-refractivity contribution in [3.8, 4) is 0 Å². The molecule has 0 spiro atoms. The number of carboxylic acid groups (broad SMARTS) is 1. The van der Waals surface area contributed by atoms with E-state index in [9.17, 15) is 18.4 Å². The van der Waals surface area contributed by atoms with Crippen molar-refractivity contribution in [3.05, 3.63) is 0 Å². The van der Waals surface area contributed by atoms with Crippen LogP contribution in [0.1, 0.15) is 27.7 Å². The number of carbonyl (C=O) groups is 2. The molecule has 0 amide bonds. The zero-order chi connectivity index (χ0) is 12.4. The van der Waals surface area contributed by atoms with Gasteiger partial charge in [0.15, 0.2) is 5.60 Å². The van der Waals surface area contributed by atoms with E-state index in [2.05, 4.69) is 4.74 Å². The first-order valence-corrected chi connectivity index (χ1v) is 4.36. The van der Waals surface area contributed by atoms with Gasteiger partial charge < -0.3 is 9.84 Å². The second kappa shape index (κ2) is 4.12. The SMILES string of the molecule is CC(=O)OC(C)(C(C)C)C(F)(F)C(=O)O. The number of carbonyl (C=O) groups excluding carboxylic acids is 1. The van der Waals surface area contributed by atoms with E-state index in [0.29, 0.717) is 0 Å². The molecule has 0 saturated carbocycles. The number of alkyl halides is 2. The van der Waals surface area contributed by atoms with Gasteiger partial charge in [-0.3, -0.25) is 4.79 Å². The van der Waals surface area contributed by atoms with Crippen LogP contribution in [0.3, 0.4) is 0 Å². The highest BCUT2D eigenvalue weighted by Crippen LogP contribution is 2.38. The van der Waals surface area contributed by atoms with Crippen LogP contribution in [-0.4, -0.2) is 28.6 Å². The van der Waals surface area contributed by atoms with Gasteiger partial charge in [0.05, 0.1) is 0 Å². The topological polar surface area (TPSA) is 63.6 Å². The summed E-state index contributed by atoms with van der Waals surface area (Å²) in [6.45, 7) is 4.59. The second-order valence-corrected chi connectivity index (χ2v) is 3.73. The van der Waals surface area contributed by atoms with Crippen molar-refractivity contribution < 1.29 is 28.2 Å². The first-order chi connectivity index (χ1) is 6.55. The van der Waals surface area contributed by atoms with Gasteiger partial charge in [0, 0.05) is 6.92 Å². The minimum atomic E-state index is -4.12. The van der Waals surface area contributed by atoms with Gasteiger partial charge >= 0.3 is 17.9 Å². The molecule has 4 nitrogen and oxygen atoms in total. The van der Waals surface area contributed by atoms with Crippen molar-refractivity contribution in [1.82, 2.24) is 0 Å². The molecule has 0 radical (unpaired) electrons. The Bertz CT molecular complexity index is 275. The number of esters is 1. The van der Waals surface area contributed by atoms with Crippen molar-refractivity contribution >= 4 is 11.9 Å². The van der Waals surface area contributed by atoms with E-state index in [0.717, 1.165) is 13.8 Å². The summed E-state index contributed by atoms with van der Waals surface area (Å²) in [6, 6.07) is 0. The minimum Gasteiger partial charge on any atom is -0.477 e. The summed E-state index contributed by atoms with van der Waals surface area (Å²) >= 11 is 0. The molecule has 15 heavy (non-hydrogen) atoms. The summed E-state index contributed by atoms with van der Waals surface area (Å²) in [5, 5.41) is 8.40. The highest BCUT2D eigenvalue weighted by molar-refractivity contribution is 5.78.